The molecule has 0 saturated carbocycles. The van der Waals surface area contributed by atoms with Crippen molar-refractivity contribution in [3.05, 3.63) is 47.0 Å². The van der Waals surface area contributed by atoms with E-state index in [4.69, 9.17) is 4.74 Å². The van der Waals surface area contributed by atoms with Gasteiger partial charge in [-0.3, -0.25) is 0 Å². The van der Waals surface area contributed by atoms with Gasteiger partial charge in [-0.05, 0) is 31.4 Å². The van der Waals surface area contributed by atoms with E-state index in [1.54, 1.807) is 0 Å². The van der Waals surface area contributed by atoms with E-state index in [0.29, 0.717) is 0 Å². The van der Waals surface area contributed by atoms with Gasteiger partial charge < -0.3 is 4.74 Å². The zero-order valence-electron chi connectivity index (χ0n) is 8.79. The minimum atomic E-state index is 0.264. The lowest BCUT2D eigenvalue weighted by Crippen LogP contribution is -2.13. The predicted molar refractivity (Wildman–Crippen MR) is 58.1 cm³/mol. The van der Waals surface area contributed by atoms with Gasteiger partial charge in [0.25, 0.3) is 0 Å². The molecule has 0 N–H and O–H groups in total. The molecule has 0 spiro atoms. The summed E-state index contributed by atoms with van der Waals surface area (Å²) >= 11 is 0. The van der Waals surface area contributed by atoms with Crippen LogP contribution in [0.3, 0.4) is 0 Å². The first-order valence-corrected chi connectivity index (χ1v) is 5.09. The number of hydrogen-bond acceptors (Lipinski definition) is 1. The van der Waals surface area contributed by atoms with E-state index in [9.17, 15) is 0 Å². The fraction of sp³-hybridized carbons (Fsp3) is 0.385. The molecular formula is C13H16O. The molecule has 1 atom stereocenters. The predicted octanol–water partition coefficient (Wildman–Crippen LogP) is 3.48. The van der Waals surface area contributed by atoms with Crippen molar-refractivity contribution >= 4 is 0 Å². The maximum atomic E-state index is 5.79. The molecule has 0 bridgehead atoms. The van der Waals surface area contributed by atoms with E-state index >= 15 is 0 Å². The first-order chi connectivity index (χ1) is 6.77. The van der Waals surface area contributed by atoms with Crippen molar-refractivity contribution in [2.75, 3.05) is 6.61 Å². The molecule has 1 nitrogen and oxygen atoms in total. The van der Waals surface area contributed by atoms with Gasteiger partial charge in [0.15, 0.2) is 0 Å². The summed E-state index contributed by atoms with van der Waals surface area (Å²) in [7, 11) is 0. The molecule has 0 radical (unpaired) electrons. The molecule has 0 saturated heterocycles. The fourth-order valence-electron chi connectivity index (χ4n) is 1.74. The number of benzene rings is 1. The lowest BCUT2D eigenvalue weighted by Gasteiger charge is -2.25. The monoisotopic (exact) mass is 188 g/mol. The molecule has 1 aromatic rings. The highest BCUT2D eigenvalue weighted by Crippen LogP contribution is 2.30. The molecule has 1 aliphatic rings. The van der Waals surface area contributed by atoms with Crippen molar-refractivity contribution in [2.45, 2.75) is 26.4 Å². The van der Waals surface area contributed by atoms with Crippen LogP contribution in [-0.4, -0.2) is 6.61 Å². The van der Waals surface area contributed by atoms with Crippen molar-refractivity contribution in [1.82, 2.24) is 0 Å². The van der Waals surface area contributed by atoms with Crippen molar-refractivity contribution in [2.24, 2.45) is 0 Å². The van der Waals surface area contributed by atoms with E-state index in [2.05, 4.69) is 38.1 Å². The Morgan fingerprint density at radius 3 is 2.43 bits per heavy atom. The van der Waals surface area contributed by atoms with Crippen LogP contribution >= 0.6 is 0 Å². The summed E-state index contributed by atoms with van der Waals surface area (Å²) in [5.74, 6) is 0. The largest absolute Gasteiger partial charge is 0.369 e. The summed E-state index contributed by atoms with van der Waals surface area (Å²) in [6, 6.07) is 10.5. The van der Waals surface area contributed by atoms with Gasteiger partial charge in [-0.1, -0.05) is 35.9 Å². The van der Waals surface area contributed by atoms with Crippen LogP contribution in [0.15, 0.2) is 41.5 Å². The second-order valence-corrected chi connectivity index (χ2v) is 3.98. The second kappa shape index (κ2) is 3.97. The molecule has 0 amide bonds. The number of hydrogen-bond donors (Lipinski definition) is 0. The van der Waals surface area contributed by atoms with Crippen LogP contribution in [0, 0.1) is 0 Å². The Kier molecular flexibility index (Phi) is 2.69. The first-order valence-electron chi connectivity index (χ1n) is 5.09. The Balaban J connectivity index is 2.17. The van der Waals surface area contributed by atoms with Gasteiger partial charge in [0.05, 0.1) is 12.7 Å². The van der Waals surface area contributed by atoms with E-state index < -0.39 is 0 Å². The molecule has 0 fully saturated rings. The van der Waals surface area contributed by atoms with E-state index in [0.717, 1.165) is 13.0 Å². The number of ether oxygens (including phenoxy) is 1. The third-order valence-corrected chi connectivity index (χ3v) is 2.89. The minimum absolute atomic E-state index is 0.264. The van der Waals surface area contributed by atoms with Crippen molar-refractivity contribution in [3.8, 4) is 0 Å². The second-order valence-electron chi connectivity index (χ2n) is 3.98. The van der Waals surface area contributed by atoms with Crippen LogP contribution in [0.1, 0.15) is 31.9 Å². The quantitative estimate of drug-likeness (QED) is 0.613. The highest BCUT2D eigenvalue weighted by molar-refractivity contribution is 5.23. The van der Waals surface area contributed by atoms with Gasteiger partial charge >= 0.3 is 0 Å². The fourth-order valence-corrected chi connectivity index (χ4v) is 1.74. The maximum Gasteiger partial charge on any atom is 0.0866 e. The third kappa shape index (κ3) is 1.88. The summed E-state index contributed by atoms with van der Waals surface area (Å²) in [6.07, 6.45) is 1.30. The van der Waals surface area contributed by atoms with Crippen molar-refractivity contribution in [1.29, 1.82) is 0 Å². The molecule has 1 heteroatoms. The SMILES string of the molecule is CC1=C(C)CC(c2ccccc2)OC1. The van der Waals surface area contributed by atoms with E-state index in [1.165, 1.54) is 16.7 Å². The van der Waals surface area contributed by atoms with Crippen LogP contribution in [0.5, 0.6) is 0 Å². The molecule has 0 aromatic heterocycles. The Morgan fingerprint density at radius 2 is 1.79 bits per heavy atom. The average Bonchev–Trinajstić information content (AvgIpc) is 2.23. The zero-order chi connectivity index (χ0) is 9.97. The Morgan fingerprint density at radius 1 is 1.07 bits per heavy atom. The Labute approximate surface area is 85.4 Å². The van der Waals surface area contributed by atoms with Crippen LogP contribution in [-0.2, 0) is 4.74 Å². The highest BCUT2D eigenvalue weighted by Gasteiger charge is 2.18. The van der Waals surface area contributed by atoms with Crippen LogP contribution in [0.2, 0.25) is 0 Å². The zero-order valence-corrected chi connectivity index (χ0v) is 8.79. The van der Waals surface area contributed by atoms with E-state index in [-0.39, 0.29) is 6.10 Å². The van der Waals surface area contributed by atoms with E-state index in [1.807, 2.05) is 6.07 Å². The molecule has 0 aliphatic carbocycles. The molecule has 74 valence electrons. The molecule has 1 aromatic carbocycles. The summed E-state index contributed by atoms with van der Waals surface area (Å²) in [4.78, 5) is 0. The topological polar surface area (TPSA) is 9.23 Å². The highest BCUT2D eigenvalue weighted by atomic mass is 16.5. The molecule has 1 unspecified atom stereocenters. The lowest BCUT2D eigenvalue weighted by molar-refractivity contribution is 0.0578. The summed E-state index contributed by atoms with van der Waals surface area (Å²) in [5.41, 5.74) is 4.15. The van der Waals surface area contributed by atoms with Gasteiger partial charge in [-0.2, -0.15) is 0 Å². The minimum Gasteiger partial charge on any atom is -0.369 e. The molecule has 2 rings (SSSR count). The van der Waals surface area contributed by atoms with Crippen molar-refractivity contribution in [3.63, 3.8) is 0 Å². The standard InChI is InChI=1S/C13H16O/c1-10-8-13(14-9-11(10)2)12-6-4-3-5-7-12/h3-7,13H,8-9H2,1-2H3. The van der Waals surface area contributed by atoms with Gasteiger partial charge in [0, 0.05) is 0 Å². The van der Waals surface area contributed by atoms with Gasteiger partial charge in [-0.15, -0.1) is 0 Å². The number of rotatable bonds is 1. The normalized spacial score (nSPS) is 22.6. The Bertz CT molecular complexity index is 338. The van der Waals surface area contributed by atoms with Gasteiger partial charge in [0.2, 0.25) is 0 Å². The van der Waals surface area contributed by atoms with Gasteiger partial charge in [0.1, 0.15) is 0 Å². The smallest absolute Gasteiger partial charge is 0.0866 e. The lowest BCUT2D eigenvalue weighted by atomic mass is 9.97. The summed E-state index contributed by atoms with van der Waals surface area (Å²) in [6.45, 7) is 5.13. The van der Waals surface area contributed by atoms with Crippen LogP contribution in [0.4, 0.5) is 0 Å². The van der Waals surface area contributed by atoms with Crippen molar-refractivity contribution < 1.29 is 4.74 Å². The molecule has 1 heterocycles. The maximum absolute atomic E-state index is 5.79. The molecule has 1 aliphatic heterocycles. The third-order valence-electron chi connectivity index (χ3n) is 2.89. The summed E-state index contributed by atoms with van der Waals surface area (Å²) in [5, 5.41) is 0. The summed E-state index contributed by atoms with van der Waals surface area (Å²) < 4.78 is 5.79. The first kappa shape index (κ1) is 9.47. The molecule has 14 heavy (non-hydrogen) atoms. The van der Waals surface area contributed by atoms with Crippen LogP contribution < -0.4 is 0 Å². The van der Waals surface area contributed by atoms with Gasteiger partial charge in [-0.25, -0.2) is 0 Å². The average molecular weight is 188 g/mol. The van der Waals surface area contributed by atoms with Crippen LogP contribution in [0.25, 0.3) is 0 Å². The molecular weight excluding hydrogens is 172 g/mol. The Hall–Kier alpha value is -1.08.